The number of aromatic nitrogens is 1. The third-order valence-electron chi connectivity index (χ3n) is 3.65. The molecule has 1 aromatic heterocycles. The molecule has 0 saturated carbocycles. The molecular weight excluding hydrogens is 272 g/mol. The van der Waals surface area contributed by atoms with Crippen molar-refractivity contribution in [2.75, 3.05) is 26.6 Å². The molecule has 6 nitrogen and oxygen atoms in total. The smallest absolute Gasteiger partial charge is 0.230 e. The largest absolute Gasteiger partial charge is 0.493 e. The predicted molar refractivity (Wildman–Crippen MR) is 77.4 cm³/mol. The Kier molecular flexibility index (Phi) is 3.70. The highest BCUT2D eigenvalue weighted by Gasteiger charge is 2.27. The zero-order valence-electron chi connectivity index (χ0n) is 12.1. The molecule has 1 aliphatic heterocycles. The first kappa shape index (κ1) is 13.8. The summed E-state index contributed by atoms with van der Waals surface area (Å²) < 4.78 is 21.4. The molecule has 0 radical (unpaired) electrons. The lowest BCUT2D eigenvalue weighted by Gasteiger charge is -2.11. The van der Waals surface area contributed by atoms with E-state index in [2.05, 4.69) is 5.16 Å². The highest BCUT2D eigenvalue weighted by atomic mass is 16.5. The molecule has 1 atom stereocenters. The van der Waals surface area contributed by atoms with Crippen molar-refractivity contribution in [3.05, 3.63) is 23.9 Å². The summed E-state index contributed by atoms with van der Waals surface area (Å²) >= 11 is 0. The molecule has 6 heteroatoms. The van der Waals surface area contributed by atoms with E-state index in [4.69, 9.17) is 24.5 Å². The summed E-state index contributed by atoms with van der Waals surface area (Å²) in [6, 6.07) is 5.60. The maximum atomic E-state index is 5.95. The average Bonchev–Trinajstić information content (AvgIpc) is 3.15. The van der Waals surface area contributed by atoms with E-state index in [-0.39, 0.29) is 12.0 Å². The van der Waals surface area contributed by atoms with Crippen LogP contribution >= 0.6 is 0 Å². The number of nitrogens with zero attached hydrogens (tertiary/aromatic N) is 1. The van der Waals surface area contributed by atoms with Gasteiger partial charge in [-0.15, -0.1) is 0 Å². The number of rotatable bonds is 4. The first-order valence-corrected chi connectivity index (χ1v) is 6.83. The van der Waals surface area contributed by atoms with Gasteiger partial charge in [-0.2, -0.15) is 0 Å². The fourth-order valence-electron chi connectivity index (χ4n) is 2.61. The van der Waals surface area contributed by atoms with Crippen LogP contribution in [-0.4, -0.2) is 26.0 Å². The molecule has 1 saturated heterocycles. The zero-order valence-corrected chi connectivity index (χ0v) is 12.1. The molecular formula is C15H18N2O4. The Morgan fingerprint density at radius 2 is 2.05 bits per heavy atom. The van der Waals surface area contributed by atoms with Crippen LogP contribution in [0.15, 0.2) is 22.7 Å². The van der Waals surface area contributed by atoms with Gasteiger partial charge in [0.25, 0.3) is 0 Å². The number of hydrogen-bond donors (Lipinski definition) is 1. The van der Waals surface area contributed by atoms with Crippen LogP contribution in [-0.2, 0) is 4.74 Å². The molecule has 1 unspecified atom stereocenters. The Morgan fingerprint density at radius 1 is 1.24 bits per heavy atom. The lowest BCUT2D eigenvalue weighted by molar-refractivity contribution is 0.106. The quantitative estimate of drug-likeness (QED) is 0.932. The molecule has 3 rings (SSSR count). The van der Waals surface area contributed by atoms with E-state index in [0.29, 0.717) is 11.5 Å². The van der Waals surface area contributed by atoms with E-state index in [1.807, 2.05) is 18.2 Å². The summed E-state index contributed by atoms with van der Waals surface area (Å²) in [7, 11) is 3.20. The van der Waals surface area contributed by atoms with Crippen LogP contribution in [0.2, 0.25) is 0 Å². The molecule has 0 amide bonds. The first-order valence-electron chi connectivity index (χ1n) is 6.83. The third kappa shape index (κ3) is 2.42. The van der Waals surface area contributed by atoms with Gasteiger partial charge in [0, 0.05) is 6.61 Å². The van der Waals surface area contributed by atoms with E-state index >= 15 is 0 Å². The molecule has 2 N–H and O–H groups in total. The van der Waals surface area contributed by atoms with Crippen LogP contribution in [0, 0.1) is 0 Å². The van der Waals surface area contributed by atoms with Crippen LogP contribution in [0.1, 0.15) is 24.6 Å². The number of anilines is 1. The zero-order chi connectivity index (χ0) is 14.8. The molecule has 2 heterocycles. The average molecular weight is 290 g/mol. The number of nitrogens with two attached hydrogens (primary N) is 1. The van der Waals surface area contributed by atoms with Gasteiger partial charge in [-0.1, -0.05) is 11.2 Å². The van der Waals surface area contributed by atoms with Crippen molar-refractivity contribution in [1.82, 2.24) is 5.16 Å². The number of hydrogen-bond acceptors (Lipinski definition) is 6. The molecule has 0 bridgehead atoms. The van der Waals surface area contributed by atoms with Crippen LogP contribution in [0.5, 0.6) is 11.5 Å². The second-order valence-corrected chi connectivity index (χ2v) is 4.88. The Hall–Kier alpha value is -2.21. The highest BCUT2D eigenvalue weighted by molar-refractivity contribution is 5.77. The minimum absolute atomic E-state index is 0.0610. The Morgan fingerprint density at radius 3 is 2.71 bits per heavy atom. The van der Waals surface area contributed by atoms with E-state index in [9.17, 15) is 0 Å². The summed E-state index contributed by atoms with van der Waals surface area (Å²) in [5.74, 6) is 1.58. The Balaban J connectivity index is 2.05. The molecule has 0 aliphatic carbocycles. The minimum Gasteiger partial charge on any atom is -0.493 e. The van der Waals surface area contributed by atoms with Gasteiger partial charge in [-0.25, -0.2) is 0 Å². The van der Waals surface area contributed by atoms with Gasteiger partial charge in [-0.05, 0) is 30.5 Å². The summed E-state index contributed by atoms with van der Waals surface area (Å²) in [6.07, 6.45) is 1.88. The maximum Gasteiger partial charge on any atom is 0.230 e. The Bertz CT molecular complexity index is 633. The van der Waals surface area contributed by atoms with Crippen molar-refractivity contribution in [3.8, 4) is 22.6 Å². The van der Waals surface area contributed by atoms with E-state index in [1.54, 1.807) is 14.2 Å². The topological polar surface area (TPSA) is 79.7 Å². The van der Waals surface area contributed by atoms with Crippen molar-refractivity contribution in [1.29, 1.82) is 0 Å². The fourth-order valence-corrected chi connectivity index (χ4v) is 2.61. The van der Waals surface area contributed by atoms with E-state index in [0.717, 1.165) is 36.3 Å². The van der Waals surface area contributed by atoms with Crippen LogP contribution in [0.3, 0.4) is 0 Å². The SMILES string of the molecule is COc1ccc(-c2c(C3CCCO3)noc2N)cc1OC. The van der Waals surface area contributed by atoms with Crippen molar-refractivity contribution in [2.24, 2.45) is 0 Å². The third-order valence-corrected chi connectivity index (χ3v) is 3.65. The van der Waals surface area contributed by atoms with Gasteiger partial charge in [0.2, 0.25) is 5.88 Å². The number of benzene rings is 1. The summed E-state index contributed by atoms with van der Waals surface area (Å²) in [6.45, 7) is 0.739. The Labute approximate surface area is 122 Å². The summed E-state index contributed by atoms with van der Waals surface area (Å²) in [4.78, 5) is 0. The molecule has 112 valence electrons. The summed E-state index contributed by atoms with van der Waals surface area (Å²) in [5, 5.41) is 4.08. The van der Waals surface area contributed by atoms with Gasteiger partial charge in [-0.3, -0.25) is 0 Å². The number of methoxy groups -OCH3 is 2. The van der Waals surface area contributed by atoms with Crippen LogP contribution in [0.25, 0.3) is 11.1 Å². The minimum atomic E-state index is -0.0610. The monoisotopic (exact) mass is 290 g/mol. The predicted octanol–water partition coefficient (Wildman–Crippen LogP) is 2.79. The second kappa shape index (κ2) is 5.65. The van der Waals surface area contributed by atoms with E-state index in [1.165, 1.54) is 0 Å². The van der Waals surface area contributed by atoms with Gasteiger partial charge in [0.1, 0.15) is 11.8 Å². The van der Waals surface area contributed by atoms with Gasteiger partial charge in [0.05, 0.1) is 19.8 Å². The molecule has 1 aliphatic rings. The molecule has 2 aromatic rings. The van der Waals surface area contributed by atoms with Gasteiger partial charge in [0.15, 0.2) is 11.5 Å². The van der Waals surface area contributed by atoms with Crippen LogP contribution in [0.4, 0.5) is 5.88 Å². The highest BCUT2D eigenvalue weighted by Crippen LogP contribution is 2.41. The molecule has 1 fully saturated rings. The van der Waals surface area contributed by atoms with Crippen molar-refractivity contribution in [2.45, 2.75) is 18.9 Å². The van der Waals surface area contributed by atoms with E-state index < -0.39 is 0 Å². The number of ether oxygens (including phenoxy) is 3. The van der Waals surface area contributed by atoms with Crippen LogP contribution < -0.4 is 15.2 Å². The second-order valence-electron chi connectivity index (χ2n) is 4.88. The lowest BCUT2D eigenvalue weighted by atomic mass is 10.0. The van der Waals surface area contributed by atoms with Crippen molar-refractivity contribution < 1.29 is 18.7 Å². The molecule has 1 aromatic carbocycles. The van der Waals surface area contributed by atoms with Crippen molar-refractivity contribution in [3.63, 3.8) is 0 Å². The van der Waals surface area contributed by atoms with Gasteiger partial charge >= 0.3 is 0 Å². The maximum absolute atomic E-state index is 5.95. The molecule has 0 spiro atoms. The normalized spacial score (nSPS) is 17.9. The first-order chi connectivity index (χ1) is 10.2. The molecule has 21 heavy (non-hydrogen) atoms. The van der Waals surface area contributed by atoms with Crippen molar-refractivity contribution >= 4 is 5.88 Å². The summed E-state index contributed by atoms with van der Waals surface area (Å²) in [5.41, 5.74) is 8.33. The van der Waals surface area contributed by atoms with Gasteiger partial charge < -0.3 is 24.5 Å². The standard InChI is InChI=1S/C15H18N2O4/c1-18-10-6-5-9(8-12(10)19-2)13-14(17-21-15(13)16)11-4-3-7-20-11/h5-6,8,11H,3-4,7,16H2,1-2H3. The lowest BCUT2D eigenvalue weighted by Crippen LogP contribution is -1.99. The fraction of sp³-hybridized carbons (Fsp3) is 0.400. The number of nitrogen functional groups attached to an aromatic ring is 1.